The van der Waals surface area contributed by atoms with Crippen molar-refractivity contribution in [1.82, 2.24) is 19.7 Å². The van der Waals surface area contributed by atoms with Gasteiger partial charge in [-0.3, -0.25) is 19.5 Å². The van der Waals surface area contributed by atoms with Gasteiger partial charge in [-0.2, -0.15) is 0 Å². The minimum atomic E-state index is -0.101. The lowest BCUT2D eigenvalue weighted by Gasteiger charge is -2.42. The molecule has 2 aliphatic heterocycles. The molecule has 7 heteroatoms. The lowest BCUT2D eigenvalue weighted by Crippen LogP contribution is -2.52. The number of para-hydroxylation sites is 1. The Kier molecular flexibility index (Phi) is 8.06. The molecule has 1 saturated heterocycles. The van der Waals surface area contributed by atoms with Crippen LogP contribution in [-0.2, 0) is 11.3 Å². The summed E-state index contributed by atoms with van der Waals surface area (Å²) < 4.78 is 6.00. The maximum Gasteiger partial charge on any atom is 0.257 e. The molecule has 7 nitrogen and oxygen atoms in total. The second-order valence-electron chi connectivity index (χ2n) is 10.0. The van der Waals surface area contributed by atoms with Crippen LogP contribution < -0.4 is 4.74 Å². The number of pyridine rings is 1. The quantitative estimate of drug-likeness (QED) is 0.655. The first-order valence-electron chi connectivity index (χ1n) is 12.8. The van der Waals surface area contributed by atoms with Crippen molar-refractivity contribution in [2.45, 2.75) is 58.0 Å². The third-order valence-electron chi connectivity index (χ3n) is 7.47. The number of likely N-dealkylation sites (N-methyl/N-ethyl adjacent to an activating group) is 1. The van der Waals surface area contributed by atoms with Gasteiger partial charge in [-0.25, -0.2) is 0 Å². The van der Waals surface area contributed by atoms with Crippen LogP contribution in [-0.4, -0.2) is 76.9 Å². The predicted octanol–water partition coefficient (Wildman–Crippen LogP) is 3.91. The molecule has 4 rings (SSSR count). The first kappa shape index (κ1) is 25.2. The molecule has 1 fully saturated rings. The van der Waals surface area contributed by atoms with Gasteiger partial charge in [0.1, 0.15) is 12.4 Å². The van der Waals surface area contributed by atoms with E-state index >= 15 is 0 Å². The van der Waals surface area contributed by atoms with Gasteiger partial charge in [-0.15, -0.1) is 0 Å². The van der Waals surface area contributed by atoms with Crippen molar-refractivity contribution in [3.05, 3.63) is 59.4 Å². The van der Waals surface area contributed by atoms with Crippen LogP contribution in [0, 0.1) is 6.92 Å². The number of fused-ring (bicyclic) bond motifs is 1. The smallest absolute Gasteiger partial charge is 0.257 e. The standard InChI is InChI=1S/C28H38N4O3/c1-22-11-12-24(19-29-22)20-32-16-8-14-28(32)13-6-7-15-31(23(2)33)17-18-35-26-10-5-4-9-25(26)27(34)30(3)21-28/h4-5,9-12,19H,6-8,13-18,20-21H2,1-3H3/t28-/m1/s1. The van der Waals surface area contributed by atoms with Crippen molar-refractivity contribution in [2.75, 3.05) is 39.8 Å². The molecule has 1 atom stereocenters. The Hall–Kier alpha value is -2.93. The molecule has 2 aromatic rings. The van der Waals surface area contributed by atoms with Gasteiger partial charge in [0.25, 0.3) is 5.91 Å². The number of benzene rings is 1. The monoisotopic (exact) mass is 478 g/mol. The normalized spacial score (nSPS) is 22.5. The predicted molar refractivity (Wildman–Crippen MR) is 136 cm³/mol. The molecule has 3 heterocycles. The number of amides is 2. The number of carbonyl (C=O) groups excluding carboxylic acids is 2. The van der Waals surface area contributed by atoms with E-state index in [1.165, 1.54) is 5.56 Å². The van der Waals surface area contributed by atoms with Gasteiger partial charge in [0.2, 0.25) is 5.91 Å². The van der Waals surface area contributed by atoms with Gasteiger partial charge < -0.3 is 14.5 Å². The highest BCUT2D eigenvalue weighted by Gasteiger charge is 2.42. The molecule has 35 heavy (non-hydrogen) atoms. The summed E-state index contributed by atoms with van der Waals surface area (Å²) in [7, 11) is 1.91. The average Bonchev–Trinajstić information content (AvgIpc) is 3.22. The average molecular weight is 479 g/mol. The van der Waals surface area contributed by atoms with Crippen molar-refractivity contribution < 1.29 is 14.3 Å². The van der Waals surface area contributed by atoms with Crippen molar-refractivity contribution >= 4 is 11.8 Å². The molecule has 0 bridgehead atoms. The van der Waals surface area contributed by atoms with E-state index in [1.54, 1.807) is 6.92 Å². The highest BCUT2D eigenvalue weighted by atomic mass is 16.5. The zero-order chi connectivity index (χ0) is 24.8. The molecule has 188 valence electrons. The molecule has 0 unspecified atom stereocenters. The van der Waals surface area contributed by atoms with Crippen LogP contribution in [0.1, 0.15) is 60.6 Å². The number of rotatable bonds is 2. The van der Waals surface area contributed by atoms with Crippen LogP contribution in [0.5, 0.6) is 5.75 Å². The summed E-state index contributed by atoms with van der Waals surface area (Å²) in [6.45, 7) is 7.74. The van der Waals surface area contributed by atoms with Gasteiger partial charge in [-0.05, 0) is 69.3 Å². The Bertz CT molecular complexity index is 1030. The maximum absolute atomic E-state index is 13.6. The Morgan fingerprint density at radius 3 is 2.63 bits per heavy atom. The van der Waals surface area contributed by atoms with Crippen LogP contribution in [0.4, 0.5) is 0 Å². The third-order valence-corrected chi connectivity index (χ3v) is 7.47. The van der Waals surface area contributed by atoms with Crippen molar-refractivity contribution in [2.24, 2.45) is 0 Å². The number of nitrogens with zero attached hydrogens (tertiary/aromatic N) is 4. The van der Waals surface area contributed by atoms with E-state index in [1.807, 2.05) is 54.2 Å². The lowest BCUT2D eigenvalue weighted by molar-refractivity contribution is -0.129. The number of carbonyl (C=O) groups is 2. The fourth-order valence-electron chi connectivity index (χ4n) is 5.53. The van der Waals surface area contributed by atoms with E-state index in [-0.39, 0.29) is 17.4 Å². The first-order chi connectivity index (χ1) is 16.9. The summed E-state index contributed by atoms with van der Waals surface area (Å²) in [5.74, 6) is 0.617. The Balaban J connectivity index is 1.62. The van der Waals surface area contributed by atoms with Crippen LogP contribution in [0.25, 0.3) is 0 Å². The maximum atomic E-state index is 13.6. The fraction of sp³-hybridized carbons (Fsp3) is 0.536. The first-order valence-corrected chi connectivity index (χ1v) is 12.8. The molecule has 2 aliphatic rings. The van der Waals surface area contributed by atoms with Crippen molar-refractivity contribution in [1.29, 1.82) is 0 Å². The molecule has 0 N–H and O–H groups in total. The summed E-state index contributed by atoms with van der Waals surface area (Å²) in [6, 6.07) is 11.7. The third kappa shape index (κ3) is 6.01. The zero-order valence-corrected chi connectivity index (χ0v) is 21.3. The van der Waals surface area contributed by atoms with Crippen LogP contribution in [0.15, 0.2) is 42.6 Å². The second-order valence-corrected chi connectivity index (χ2v) is 10.0. The van der Waals surface area contributed by atoms with E-state index in [2.05, 4.69) is 22.0 Å². The largest absolute Gasteiger partial charge is 0.491 e. The van der Waals surface area contributed by atoms with E-state index in [0.29, 0.717) is 31.0 Å². The summed E-state index contributed by atoms with van der Waals surface area (Å²) in [5.41, 5.74) is 2.69. The summed E-state index contributed by atoms with van der Waals surface area (Å²) >= 11 is 0. The highest BCUT2D eigenvalue weighted by Crippen LogP contribution is 2.37. The molecule has 1 spiro atoms. The topological polar surface area (TPSA) is 66.0 Å². The van der Waals surface area contributed by atoms with E-state index in [0.717, 1.165) is 57.4 Å². The van der Waals surface area contributed by atoms with Gasteiger partial charge >= 0.3 is 0 Å². The minimum Gasteiger partial charge on any atom is -0.491 e. The highest BCUT2D eigenvalue weighted by molar-refractivity contribution is 5.96. The number of aromatic nitrogens is 1. The Labute approximate surface area is 209 Å². The van der Waals surface area contributed by atoms with Crippen LogP contribution in [0.2, 0.25) is 0 Å². The number of hydrogen-bond acceptors (Lipinski definition) is 5. The molecule has 1 aromatic carbocycles. The number of hydrogen-bond donors (Lipinski definition) is 0. The lowest BCUT2D eigenvalue weighted by atomic mass is 9.88. The molecular weight excluding hydrogens is 440 g/mol. The molecule has 0 radical (unpaired) electrons. The van der Waals surface area contributed by atoms with Gasteiger partial charge in [0.15, 0.2) is 0 Å². The van der Waals surface area contributed by atoms with E-state index in [9.17, 15) is 9.59 Å². The number of likely N-dealkylation sites (tertiary alicyclic amines) is 1. The molecule has 0 aliphatic carbocycles. The van der Waals surface area contributed by atoms with Gasteiger partial charge in [-0.1, -0.05) is 18.2 Å². The minimum absolute atomic E-state index is 0.0238. The fourth-order valence-corrected chi connectivity index (χ4v) is 5.53. The van der Waals surface area contributed by atoms with Gasteiger partial charge in [0.05, 0.1) is 12.1 Å². The van der Waals surface area contributed by atoms with Crippen LogP contribution >= 0.6 is 0 Å². The molecule has 2 amide bonds. The molecule has 0 saturated carbocycles. The zero-order valence-electron chi connectivity index (χ0n) is 21.3. The van der Waals surface area contributed by atoms with Crippen molar-refractivity contribution in [3.8, 4) is 5.75 Å². The summed E-state index contributed by atoms with van der Waals surface area (Å²) in [4.78, 5) is 36.6. The summed E-state index contributed by atoms with van der Waals surface area (Å²) in [6.07, 6.45) is 7.08. The number of aryl methyl sites for hydroxylation is 1. The van der Waals surface area contributed by atoms with E-state index < -0.39 is 0 Å². The summed E-state index contributed by atoms with van der Waals surface area (Å²) in [5, 5.41) is 0. The van der Waals surface area contributed by atoms with Gasteiger partial charge in [0, 0.05) is 51.0 Å². The Morgan fingerprint density at radius 2 is 1.86 bits per heavy atom. The molecular formula is C28H38N4O3. The Morgan fingerprint density at radius 1 is 1.06 bits per heavy atom. The van der Waals surface area contributed by atoms with Crippen molar-refractivity contribution in [3.63, 3.8) is 0 Å². The van der Waals surface area contributed by atoms with E-state index in [4.69, 9.17) is 4.74 Å². The second kappa shape index (κ2) is 11.2. The van der Waals surface area contributed by atoms with Crippen LogP contribution in [0.3, 0.4) is 0 Å². The molecule has 1 aromatic heterocycles. The SMILES string of the molecule is CC(=O)N1CCCC[C@@]2(CCCN2Cc2ccc(C)nc2)CN(C)C(=O)c2ccccc2OCC1. The number of ether oxygens (including phenoxy) is 1.